The third-order valence-electron chi connectivity index (χ3n) is 8.36. The molecular weight excluding hydrogens is 529 g/mol. The third kappa shape index (κ3) is 8.30. The number of fused-ring (bicyclic) bond motifs is 3. The first-order valence-electron chi connectivity index (χ1n) is 15.2. The second-order valence-electron chi connectivity index (χ2n) is 11.5. The van der Waals surface area contributed by atoms with Crippen molar-refractivity contribution in [2.24, 2.45) is 5.92 Å². The van der Waals surface area contributed by atoms with Crippen molar-refractivity contribution in [1.29, 1.82) is 0 Å². The molecule has 226 valence electrons. The Balaban J connectivity index is 1.70. The van der Waals surface area contributed by atoms with Gasteiger partial charge >= 0.3 is 6.18 Å². The van der Waals surface area contributed by atoms with Crippen molar-refractivity contribution in [2.45, 2.75) is 83.7 Å². The van der Waals surface area contributed by atoms with Crippen LogP contribution in [-0.4, -0.2) is 12.7 Å². The van der Waals surface area contributed by atoms with E-state index >= 15 is 0 Å². The molecule has 0 spiro atoms. The summed E-state index contributed by atoms with van der Waals surface area (Å²) >= 11 is 0. The molecule has 1 aliphatic rings. The number of halogens is 3. The summed E-state index contributed by atoms with van der Waals surface area (Å²) in [5.41, 5.74) is 7.01. The first-order valence-corrected chi connectivity index (χ1v) is 15.2. The van der Waals surface area contributed by atoms with E-state index in [-0.39, 0.29) is 0 Å². The molecule has 0 saturated carbocycles. The number of benzene rings is 2. The highest BCUT2D eigenvalue weighted by atomic mass is 19.4. The lowest BCUT2D eigenvalue weighted by Gasteiger charge is -2.35. The van der Waals surface area contributed by atoms with Gasteiger partial charge in [-0.25, -0.2) is 0 Å². The molecule has 0 amide bonds. The number of nitrogens with one attached hydrogen (secondary N) is 2. The normalized spacial score (nSPS) is 15.0. The lowest BCUT2D eigenvalue weighted by Crippen LogP contribution is -2.39. The predicted octanol–water partition coefficient (Wildman–Crippen LogP) is 10.5. The fourth-order valence-corrected chi connectivity index (χ4v) is 5.88. The Morgan fingerprint density at radius 1 is 0.929 bits per heavy atom. The number of allylic oxidation sites excluding steroid dienone is 6. The summed E-state index contributed by atoms with van der Waals surface area (Å²) in [6.45, 7) is 17.8. The monoisotopic (exact) mass is 576 g/mol. The third-order valence-corrected chi connectivity index (χ3v) is 8.36. The second-order valence-corrected chi connectivity index (χ2v) is 11.5. The van der Waals surface area contributed by atoms with Crippen LogP contribution in [0.25, 0.3) is 11.1 Å². The highest BCUT2D eigenvalue weighted by Gasteiger charge is 2.45. The highest BCUT2D eigenvalue weighted by Crippen LogP contribution is 2.54. The predicted molar refractivity (Wildman–Crippen MR) is 172 cm³/mol. The first kappa shape index (κ1) is 33.0. The van der Waals surface area contributed by atoms with Crippen LogP contribution in [0.2, 0.25) is 0 Å². The van der Waals surface area contributed by atoms with Crippen molar-refractivity contribution in [1.82, 2.24) is 10.6 Å². The van der Waals surface area contributed by atoms with Gasteiger partial charge in [0.15, 0.2) is 0 Å². The summed E-state index contributed by atoms with van der Waals surface area (Å²) in [6.07, 6.45) is 9.71. The maximum absolute atomic E-state index is 13.2. The van der Waals surface area contributed by atoms with Gasteiger partial charge in [0.05, 0.1) is 5.41 Å². The summed E-state index contributed by atoms with van der Waals surface area (Å²) in [6, 6.07) is 16.1. The van der Waals surface area contributed by atoms with Crippen LogP contribution < -0.4 is 10.6 Å². The van der Waals surface area contributed by atoms with Crippen LogP contribution in [0.15, 0.2) is 109 Å². The molecule has 0 fully saturated rings. The summed E-state index contributed by atoms with van der Waals surface area (Å²) in [5.74, 6) is 0.392. The molecule has 0 bridgehead atoms. The number of hydrogen-bond acceptors (Lipinski definition) is 2. The molecule has 2 aromatic rings. The number of rotatable bonds is 17. The molecule has 0 heterocycles. The zero-order chi connectivity index (χ0) is 30.8. The van der Waals surface area contributed by atoms with Gasteiger partial charge in [0.25, 0.3) is 0 Å². The van der Waals surface area contributed by atoms with E-state index in [4.69, 9.17) is 0 Å². The maximum Gasteiger partial charge on any atom is 0.405 e. The first-order chi connectivity index (χ1) is 20.0. The summed E-state index contributed by atoms with van der Waals surface area (Å²) in [5, 5.41) is 6.07. The standard InChI is InChI=1S/C37H47F3N2/c1-7-9-10-18-28(4)29(5)42-31(8-2)24-23-27(3)17-15-16-25-36(30(6)41-26-37(38,39)40)34-21-13-11-19-32(34)33-20-12-14-22-35(33)36/h8,11-14,19-24,28,41-42H,2,5-7,9-10,15-18,25-26H2,1,3-4H3/b27-23+,31-24+. The topological polar surface area (TPSA) is 24.1 Å². The molecule has 42 heavy (non-hydrogen) atoms. The van der Waals surface area contributed by atoms with Gasteiger partial charge in [0.1, 0.15) is 6.54 Å². The highest BCUT2D eigenvalue weighted by molar-refractivity contribution is 5.82. The van der Waals surface area contributed by atoms with Crippen LogP contribution in [0.4, 0.5) is 13.2 Å². The van der Waals surface area contributed by atoms with E-state index in [0.29, 0.717) is 18.0 Å². The average molecular weight is 577 g/mol. The molecule has 0 radical (unpaired) electrons. The van der Waals surface area contributed by atoms with E-state index in [1.165, 1.54) is 24.8 Å². The van der Waals surface area contributed by atoms with Crippen molar-refractivity contribution < 1.29 is 13.2 Å². The molecule has 2 N–H and O–H groups in total. The molecule has 0 aromatic heterocycles. The number of alkyl halides is 3. The molecule has 1 atom stereocenters. The number of hydrogen-bond donors (Lipinski definition) is 2. The molecule has 2 aromatic carbocycles. The lowest BCUT2D eigenvalue weighted by molar-refractivity contribution is -0.123. The van der Waals surface area contributed by atoms with Gasteiger partial charge in [0, 0.05) is 17.1 Å². The number of unbranched alkanes of at least 4 members (excludes halogenated alkanes) is 3. The maximum atomic E-state index is 13.2. The van der Waals surface area contributed by atoms with Crippen molar-refractivity contribution in [3.05, 3.63) is 120 Å². The van der Waals surface area contributed by atoms with Crippen molar-refractivity contribution >= 4 is 0 Å². The van der Waals surface area contributed by atoms with Crippen LogP contribution in [0.1, 0.15) is 83.3 Å². The zero-order valence-electron chi connectivity index (χ0n) is 25.5. The van der Waals surface area contributed by atoms with E-state index in [2.05, 4.69) is 69.4 Å². The van der Waals surface area contributed by atoms with Crippen molar-refractivity contribution in [2.75, 3.05) is 6.54 Å². The molecular formula is C37H47F3N2. The van der Waals surface area contributed by atoms with Crippen LogP contribution >= 0.6 is 0 Å². The van der Waals surface area contributed by atoms with E-state index < -0.39 is 18.1 Å². The SMILES string of the molecule is C=C/C(=C\C=C(/C)CCCCC1(C(=C)NCC(F)(F)F)c2ccccc2-c2ccccc21)NC(=C)C(C)CCCCC. The fourth-order valence-electron chi connectivity index (χ4n) is 5.88. The van der Waals surface area contributed by atoms with Crippen LogP contribution in [0.3, 0.4) is 0 Å². The Bertz CT molecular complexity index is 1250. The fraction of sp³-hybridized carbons (Fsp3) is 0.405. The van der Waals surface area contributed by atoms with E-state index in [1.54, 1.807) is 0 Å². The molecule has 1 aliphatic carbocycles. The van der Waals surface area contributed by atoms with Crippen LogP contribution in [0.5, 0.6) is 0 Å². The van der Waals surface area contributed by atoms with Gasteiger partial charge < -0.3 is 10.6 Å². The summed E-state index contributed by atoms with van der Waals surface area (Å²) in [7, 11) is 0. The summed E-state index contributed by atoms with van der Waals surface area (Å²) in [4.78, 5) is 0. The summed E-state index contributed by atoms with van der Waals surface area (Å²) < 4.78 is 39.6. The van der Waals surface area contributed by atoms with Gasteiger partial charge in [-0.2, -0.15) is 13.2 Å². The Morgan fingerprint density at radius 2 is 1.55 bits per heavy atom. The van der Waals surface area contributed by atoms with Crippen LogP contribution in [-0.2, 0) is 5.41 Å². The lowest BCUT2D eigenvalue weighted by atomic mass is 9.71. The Morgan fingerprint density at radius 3 is 2.12 bits per heavy atom. The minimum absolute atomic E-state index is 0.392. The molecule has 5 heteroatoms. The molecule has 3 rings (SSSR count). The minimum Gasteiger partial charge on any atom is -0.379 e. The van der Waals surface area contributed by atoms with Gasteiger partial charge in [-0.15, -0.1) is 0 Å². The van der Waals surface area contributed by atoms with Gasteiger partial charge in [0.2, 0.25) is 0 Å². The smallest absolute Gasteiger partial charge is 0.379 e. The molecule has 1 unspecified atom stereocenters. The van der Waals surface area contributed by atoms with Gasteiger partial charge in [-0.3, -0.25) is 0 Å². The van der Waals surface area contributed by atoms with Gasteiger partial charge in [-0.05, 0) is 72.9 Å². The van der Waals surface area contributed by atoms with E-state index in [1.807, 2.05) is 48.6 Å². The van der Waals surface area contributed by atoms with Crippen molar-refractivity contribution in [3.63, 3.8) is 0 Å². The quantitative estimate of drug-likeness (QED) is 0.145. The van der Waals surface area contributed by atoms with E-state index in [9.17, 15) is 13.2 Å². The van der Waals surface area contributed by atoms with Crippen LogP contribution in [0, 0.1) is 5.92 Å². The van der Waals surface area contributed by atoms with Gasteiger partial charge in [-0.1, -0.05) is 119 Å². The second kappa shape index (κ2) is 15.1. The molecule has 2 nitrogen and oxygen atoms in total. The molecule has 0 aliphatic heterocycles. The Hall–Kier alpha value is -3.47. The molecule has 0 saturated heterocycles. The average Bonchev–Trinajstić information content (AvgIpc) is 3.26. The van der Waals surface area contributed by atoms with E-state index in [0.717, 1.165) is 59.3 Å². The van der Waals surface area contributed by atoms with Crippen molar-refractivity contribution in [3.8, 4) is 11.1 Å². The Labute approximate surface area is 251 Å². The minimum atomic E-state index is -4.32. The zero-order valence-corrected chi connectivity index (χ0v) is 25.5. The Kier molecular flexibility index (Phi) is 11.9. The largest absolute Gasteiger partial charge is 0.405 e.